The Hall–Kier alpha value is -1.14. The minimum Gasteiger partial charge on any atom is -0.481 e. The molecule has 2 saturated heterocycles. The van der Waals surface area contributed by atoms with Gasteiger partial charge in [0.15, 0.2) is 0 Å². The highest BCUT2D eigenvalue weighted by molar-refractivity contribution is 5.82. The molecule has 3 N–H and O–H groups in total. The van der Waals surface area contributed by atoms with Gasteiger partial charge in [-0.1, -0.05) is 0 Å². The molecule has 6 heteroatoms. The van der Waals surface area contributed by atoms with E-state index in [1.165, 1.54) is 0 Å². The number of carboxylic acid groups (broad SMARTS) is 1. The van der Waals surface area contributed by atoms with Crippen molar-refractivity contribution in [2.45, 2.75) is 31.5 Å². The number of hydrogen-bond donors (Lipinski definition) is 2. The number of nitrogens with zero attached hydrogens (tertiary/aromatic N) is 1. The van der Waals surface area contributed by atoms with E-state index in [-0.39, 0.29) is 30.5 Å². The molecule has 0 aromatic carbocycles. The Balaban J connectivity index is 1.74. The molecule has 2 rings (SSSR count). The Morgan fingerprint density at radius 3 is 2.59 bits per heavy atom. The summed E-state index contributed by atoms with van der Waals surface area (Å²) in [7, 11) is 0. The highest BCUT2D eigenvalue weighted by Gasteiger charge is 2.38. The van der Waals surface area contributed by atoms with Gasteiger partial charge in [-0.05, 0) is 12.8 Å². The van der Waals surface area contributed by atoms with Gasteiger partial charge in [0.25, 0.3) is 5.91 Å². The maximum Gasteiger partial charge on any atom is 0.303 e. The molecule has 0 saturated carbocycles. The number of likely N-dealkylation sites (tertiary alicyclic amines) is 1. The van der Waals surface area contributed by atoms with Crippen LogP contribution in [0.4, 0.5) is 0 Å². The van der Waals surface area contributed by atoms with E-state index in [0.717, 1.165) is 12.8 Å². The lowest BCUT2D eigenvalue weighted by molar-refractivity contribution is -0.152. The molecule has 0 aliphatic carbocycles. The van der Waals surface area contributed by atoms with Crippen molar-refractivity contribution >= 4 is 11.9 Å². The van der Waals surface area contributed by atoms with Crippen LogP contribution in [-0.4, -0.2) is 53.7 Å². The first-order valence-electron chi connectivity index (χ1n) is 5.96. The third-order valence-electron chi connectivity index (χ3n) is 3.38. The molecule has 0 spiro atoms. The number of ether oxygens (including phenoxy) is 1. The molecule has 2 atom stereocenters. The van der Waals surface area contributed by atoms with Crippen molar-refractivity contribution in [1.82, 2.24) is 4.90 Å². The number of carboxylic acids is 1. The predicted molar refractivity (Wildman–Crippen MR) is 59.3 cm³/mol. The van der Waals surface area contributed by atoms with E-state index in [1.54, 1.807) is 4.90 Å². The average Bonchev–Trinajstić information content (AvgIpc) is 2.70. The van der Waals surface area contributed by atoms with E-state index in [1.807, 2.05) is 0 Å². The second-order valence-corrected chi connectivity index (χ2v) is 4.77. The number of amides is 1. The summed E-state index contributed by atoms with van der Waals surface area (Å²) in [6, 6.07) is 0. The molecule has 2 aliphatic heterocycles. The van der Waals surface area contributed by atoms with Crippen LogP contribution in [0.1, 0.15) is 19.3 Å². The van der Waals surface area contributed by atoms with Crippen molar-refractivity contribution in [1.29, 1.82) is 0 Å². The van der Waals surface area contributed by atoms with Crippen LogP contribution in [0.25, 0.3) is 0 Å². The SMILES string of the molecule is NCC1CCC(C(=O)N2CC(CC(=O)O)C2)O1. The third kappa shape index (κ3) is 2.76. The number of rotatable bonds is 4. The number of nitrogens with two attached hydrogens (primary N) is 1. The van der Waals surface area contributed by atoms with Crippen LogP contribution in [-0.2, 0) is 14.3 Å². The van der Waals surface area contributed by atoms with Crippen molar-refractivity contribution in [3.8, 4) is 0 Å². The fraction of sp³-hybridized carbons (Fsp3) is 0.818. The van der Waals surface area contributed by atoms with Crippen molar-refractivity contribution in [3.63, 3.8) is 0 Å². The molecule has 2 aliphatic rings. The number of carbonyl (C=O) groups excluding carboxylic acids is 1. The minimum atomic E-state index is -0.803. The molecule has 2 fully saturated rings. The monoisotopic (exact) mass is 242 g/mol. The predicted octanol–water partition coefficient (Wildman–Crippen LogP) is -0.574. The minimum absolute atomic E-state index is 0.0000399. The Kier molecular flexibility index (Phi) is 3.63. The van der Waals surface area contributed by atoms with E-state index in [0.29, 0.717) is 19.6 Å². The van der Waals surface area contributed by atoms with Gasteiger partial charge >= 0.3 is 5.97 Å². The summed E-state index contributed by atoms with van der Waals surface area (Å²) < 4.78 is 5.51. The van der Waals surface area contributed by atoms with E-state index in [4.69, 9.17) is 15.6 Å². The quantitative estimate of drug-likeness (QED) is 0.688. The summed E-state index contributed by atoms with van der Waals surface area (Å²) in [6.45, 7) is 1.53. The van der Waals surface area contributed by atoms with Crippen molar-refractivity contribution in [2.24, 2.45) is 11.7 Å². The summed E-state index contributed by atoms with van der Waals surface area (Å²) in [6.07, 6.45) is 1.33. The zero-order valence-electron chi connectivity index (χ0n) is 9.67. The van der Waals surface area contributed by atoms with E-state index in [9.17, 15) is 9.59 Å². The van der Waals surface area contributed by atoms with Gasteiger partial charge in [0, 0.05) is 25.6 Å². The topological polar surface area (TPSA) is 92.9 Å². The standard InChI is InChI=1S/C11H18N2O4/c12-4-8-1-2-9(17-8)11(16)13-5-7(6-13)3-10(14)15/h7-9H,1-6,12H2,(H,14,15). The maximum absolute atomic E-state index is 11.9. The van der Waals surface area contributed by atoms with Gasteiger partial charge in [0.2, 0.25) is 0 Å². The zero-order chi connectivity index (χ0) is 12.4. The molecule has 17 heavy (non-hydrogen) atoms. The molecule has 2 unspecified atom stereocenters. The highest BCUT2D eigenvalue weighted by Crippen LogP contribution is 2.25. The van der Waals surface area contributed by atoms with Gasteiger partial charge in [0.05, 0.1) is 12.5 Å². The maximum atomic E-state index is 11.9. The number of carbonyl (C=O) groups is 2. The van der Waals surface area contributed by atoms with Gasteiger partial charge in [-0.25, -0.2) is 0 Å². The molecule has 0 radical (unpaired) electrons. The third-order valence-corrected chi connectivity index (χ3v) is 3.38. The van der Waals surface area contributed by atoms with E-state index in [2.05, 4.69) is 0 Å². The van der Waals surface area contributed by atoms with Crippen LogP contribution in [0, 0.1) is 5.92 Å². The van der Waals surface area contributed by atoms with Crippen LogP contribution in [0.2, 0.25) is 0 Å². The highest BCUT2D eigenvalue weighted by atomic mass is 16.5. The normalized spacial score (nSPS) is 29.1. The molecule has 1 amide bonds. The fourth-order valence-corrected chi connectivity index (χ4v) is 2.39. The average molecular weight is 242 g/mol. The Labute approximate surface area is 99.7 Å². The first-order chi connectivity index (χ1) is 8.10. The molecular weight excluding hydrogens is 224 g/mol. The largest absolute Gasteiger partial charge is 0.481 e. The molecule has 0 aromatic rings. The molecule has 0 aromatic heterocycles. The zero-order valence-corrected chi connectivity index (χ0v) is 9.67. The van der Waals surface area contributed by atoms with Gasteiger partial charge in [-0.3, -0.25) is 9.59 Å². The summed E-state index contributed by atoms with van der Waals surface area (Å²) >= 11 is 0. The number of aliphatic carboxylic acids is 1. The smallest absolute Gasteiger partial charge is 0.303 e. The molecule has 2 heterocycles. The van der Waals surface area contributed by atoms with Crippen molar-refractivity contribution in [3.05, 3.63) is 0 Å². The summed E-state index contributed by atoms with van der Waals surface area (Å²) in [5.41, 5.74) is 5.48. The first-order valence-corrected chi connectivity index (χ1v) is 5.96. The molecular formula is C11H18N2O4. The fourth-order valence-electron chi connectivity index (χ4n) is 2.39. The molecule has 6 nitrogen and oxygen atoms in total. The van der Waals surface area contributed by atoms with Crippen LogP contribution < -0.4 is 5.73 Å². The van der Waals surface area contributed by atoms with E-state index >= 15 is 0 Å². The molecule has 0 bridgehead atoms. The summed E-state index contributed by atoms with van der Waals surface area (Å²) in [4.78, 5) is 24.1. The Morgan fingerprint density at radius 1 is 1.35 bits per heavy atom. The second kappa shape index (κ2) is 5.01. The van der Waals surface area contributed by atoms with Crippen molar-refractivity contribution in [2.75, 3.05) is 19.6 Å². The van der Waals surface area contributed by atoms with Crippen LogP contribution in [0.5, 0.6) is 0 Å². The summed E-state index contributed by atoms with van der Waals surface area (Å²) in [5.74, 6) is -0.715. The summed E-state index contributed by atoms with van der Waals surface area (Å²) in [5, 5.41) is 8.61. The lowest BCUT2D eigenvalue weighted by Gasteiger charge is -2.39. The lowest BCUT2D eigenvalue weighted by Crippen LogP contribution is -2.53. The second-order valence-electron chi connectivity index (χ2n) is 4.77. The Morgan fingerprint density at radius 2 is 2.06 bits per heavy atom. The van der Waals surface area contributed by atoms with Crippen LogP contribution >= 0.6 is 0 Å². The first kappa shape index (κ1) is 12.3. The van der Waals surface area contributed by atoms with Crippen molar-refractivity contribution < 1.29 is 19.4 Å². The van der Waals surface area contributed by atoms with Crippen LogP contribution in [0.15, 0.2) is 0 Å². The molecule has 96 valence electrons. The van der Waals surface area contributed by atoms with Gasteiger partial charge in [-0.2, -0.15) is 0 Å². The van der Waals surface area contributed by atoms with Gasteiger partial charge < -0.3 is 20.5 Å². The Bertz CT molecular complexity index is 315. The van der Waals surface area contributed by atoms with E-state index < -0.39 is 5.97 Å². The van der Waals surface area contributed by atoms with Gasteiger partial charge in [0.1, 0.15) is 6.10 Å². The lowest BCUT2D eigenvalue weighted by atomic mass is 9.95. The van der Waals surface area contributed by atoms with Gasteiger partial charge in [-0.15, -0.1) is 0 Å². The van der Waals surface area contributed by atoms with Crippen LogP contribution in [0.3, 0.4) is 0 Å². The number of hydrogen-bond acceptors (Lipinski definition) is 4.